The first kappa shape index (κ1) is 35.8. The fourth-order valence-electron chi connectivity index (χ4n) is 9.63. The number of nitrogens with zero attached hydrogens (tertiary/aromatic N) is 2. The summed E-state index contributed by atoms with van der Waals surface area (Å²) in [5.74, 6) is 0. The molecule has 10 aromatic carbocycles. The lowest BCUT2D eigenvalue weighted by Gasteiger charge is -2.27. The summed E-state index contributed by atoms with van der Waals surface area (Å²) in [6.45, 7) is 0.661. The van der Waals surface area contributed by atoms with Gasteiger partial charge in [-0.05, 0) is 110 Å². The van der Waals surface area contributed by atoms with Gasteiger partial charge in [-0.25, -0.2) is 0 Å². The summed E-state index contributed by atoms with van der Waals surface area (Å²) in [6.07, 6.45) is 0. The largest absolute Gasteiger partial charge is 0.456 e. The molecule has 12 rings (SSSR count). The molecule has 62 heavy (non-hydrogen) atoms. The van der Waals surface area contributed by atoms with Crippen LogP contribution in [0, 0.1) is 0 Å². The van der Waals surface area contributed by atoms with Gasteiger partial charge in [0.1, 0.15) is 11.2 Å². The van der Waals surface area contributed by atoms with Crippen LogP contribution < -0.4 is 4.90 Å². The van der Waals surface area contributed by atoms with Gasteiger partial charge in [0.2, 0.25) is 0 Å². The molecule has 292 valence electrons. The molecule has 0 aliphatic heterocycles. The van der Waals surface area contributed by atoms with E-state index in [4.69, 9.17) is 4.42 Å². The highest BCUT2D eigenvalue weighted by Gasteiger charge is 2.23. The van der Waals surface area contributed by atoms with Crippen LogP contribution in [0.1, 0.15) is 5.56 Å². The average Bonchev–Trinajstić information content (AvgIpc) is 3.90. The maximum atomic E-state index is 6.96. The lowest BCUT2D eigenvalue weighted by Crippen LogP contribution is -2.17. The number of hydrogen-bond donors (Lipinski definition) is 0. The molecule has 2 aromatic heterocycles. The van der Waals surface area contributed by atoms with Gasteiger partial charge in [-0.3, -0.25) is 0 Å². The highest BCUT2D eigenvalue weighted by molar-refractivity contribution is 6.25. The third kappa shape index (κ3) is 5.97. The van der Waals surface area contributed by atoms with Crippen molar-refractivity contribution < 1.29 is 4.42 Å². The van der Waals surface area contributed by atoms with Crippen molar-refractivity contribution in [1.29, 1.82) is 0 Å². The topological polar surface area (TPSA) is 21.3 Å². The zero-order valence-electron chi connectivity index (χ0n) is 33.9. The van der Waals surface area contributed by atoms with E-state index in [1.54, 1.807) is 0 Å². The molecule has 0 atom stereocenters. The lowest BCUT2D eigenvalue weighted by molar-refractivity contribution is 0.669. The van der Waals surface area contributed by atoms with Gasteiger partial charge in [0.25, 0.3) is 0 Å². The summed E-state index contributed by atoms with van der Waals surface area (Å²) in [6, 6.07) is 83.0. The van der Waals surface area contributed by atoms with Gasteiger partial charge < -0.3 is 13.9 Å². The Balaban J connectivity index is 1.06. The molecule has 0 aliphatic carbocycles. The van der Waals surface area contributed by atoms with Gasteiger partial charge in [0.15, 0.2) is 0 Å². The molecule has 0 saturated carbocycles. The Kier molecular flexibility index (Phi) is 8.57. The molecule has 0 saturated heterocycles. The van der Waals surface area contributed by atoms with Crippen molar-refractivity contribution in [3.63, 3.8) is 0 Å². The van der Waals surface area contributed by atoms with Crippen LogP contribution in [0.5, 0.6) is 0 Å². The molecule has 3 nitrogen and oxygen atoms in total. The molecule has 0 bridgehead atoms. The first-order valence-corrected chi connectivity index (χ1v) is 21.3. The molecule has 0 fully saturated rings. The summed E-state index contributed by atoms with van der Waals surface area (Å²) in [5.41, 5.74) is 15.8. The number of fused-ring (bicyclic) bond motifs is 8. The predicted molar refractivity (Wildman–Crippen MR) is 261 cm³/mol. The third-order valence-electron chi connectivity index (χ3n) is 12.5. The molecule has 0 radical (unpaired) electrons. The maximum absolute atomic E-state index is 6.96. The van der Waals surface area contributed by atoms with E-state index in [9.17, 15) is 0 Å². The molecule has 0 aliphatic rings. The van der Waals surface area contributed by atoms with Crippen LogP contribution in [-0.4, -0.2) is 4.57 Å². The van der Waals surface area contributed by atoms with Crippen molar-refractivity contribution in [2.45, 2.75) is 6.54 Å². The SMILES string of the molecule is c1ccc(-c2ccc(N(Cc3ccccc3-c3ccccc3)c3cccc4oc5cc(-c6ccc7c(c6)c6ccccc6n7-c6ccccc6)c6ccccc6c5c34)cc2)cc1. The van der Waals surface area contributed by atoms with Crippen molar-refractivity contribution in [3.05, 3.63) is 236 Å². The fourth-order valence-corrected chi connectivity index (χ4v) is 9.63. The normalized spacial score (nSPS) is 11.6. The van der Waals surface area contributed by atoms with Crippen LogP contribution in [0.15, 0.2) is 235 Å². The fraction of sp³-hybridized carbons (Fsp3) is 0.0169. The minimum Gasteiger partial charge on any atom is -0.456 e. The number of hydrogen-bond acceptors (Lipinski definition) is 2. The van der Waals surface area contributed by atoms with E-state index in [1.807, 2.05) is 0 Å². The van der Waals surface area contributed by atoms with Crippen molar-refractivity contribution in [2.24, 2.45) is 0 Å². The zero-order valence-corrected chi connectivity index (χ0v) is 33.9. The third-order valence-corrected chi connectivity index (χ3v) is 12.5. The van der Waals surface area contributed by atoms with Gasteiger partial charge in [-0.1, -0.05) is 170 Å². The lowest BCUT2D eigenvalue weighted by atomic mass is 9.93. The maximum Gasteiger partial charge on any atom is 0.137 e. The van der Waals surface area contributed by atoms with Crippen LogP contribution in [-0.2, 0) is 6.54 Å². The highest BCUT2D eigenvalue weighted by Crippen LogP contribution is 2.46. The first-order valence-electron chi connectivity index (χ1n) is 21.3. The molecule has 0 unspecified atom stereocenters. The Morgan fingerprint density at radius 3 is 1.77 bits per heavy atom. The minimum atomic E-state index is 0.661. The van der Waals surface area contributed by atoms with Gasteiger partial charge in [0.05, 0.1) is 22.1 Å². The number of rotatable bonds is 8. The second-order valence-corrected chi connectivity index (χ2v) is 16.0. The highest BCUT2D eigenvalue weighted by atomic mass is 16.3. The number of aromatic nitrogens is 1. The molecule has 0 spiro atoms. The van der Waals surface area contributed by atoms with E-state index in [1.165, 1.54) is 60.4 Å². The summed E-state index contributed by atoms with van der Waals surface area (Å²) in [7, 11) is 0. The molecule has 12 aromatic rings. The van der Waals surface area contributed by atoms with E-state index in [0.717, 1.165) is 50.1 Å². The van der Waals surface area contributed by atoms with E-state index < -0.39 is 0 Å². The Labute approximate surface area is 360 Å². The molecule has 3 heteroatoms. The Morgan fingerprint density at radius 1 is 0.371 bits per heavy atom. The Bertz CT molecular complexity index is 3590. The number of para-hydroxylation sites is 2. The quantitative estimate of drug-likeness (QED) is 0.153. The van der Waals surface area contributed by atoms with Crippen molar-refractivity contribution in [2.75, 3.05) is 4.90 Å². The first-order chi connectivity index (χ1) is 30.8. The summed E-state index contributed by atoms with van der Waals surface area (Å²) >= 11 is 0. The average molecular weight is 793 g/mol. The number of furan rings is 1. The standard InChI is InChI=1S/C59H40N2O/c1-4-17-40(18-5-1)41-31-34-45(35-32-41)60(39-44-21-10-11-24-47(44)42-19-6-2-7-20-42)55-29-16-30-56-59(55)58-50-27-13-12-25-48(50)51(38-57(58)62-56)43-33-36-54-52(37-43)49-26-14-15-28-53(49)61(54)46-22-8-3-9-23-46/h1-38H,39H2. The van der Waals surface area contributed by atoms with Crippen molar-refractivity contribution in [1.82, 2.24) is 4.57 Å². The van der Waals surface area contributed by atoms with E-state index in [2.05, 4.69) is 240 Å². The number of benzene rings is 10. The predicted octanol–water partition coefficient (Wildman–Crippen LogP) is 16.2. The summed E-state index contributed by atoms with van der Waals surface area (Å²) < 4.78 is 9.33. The second kappa shape index (κ2) is 14.8. The van der Waals surface area contributed by atoms with Crippen LogP contribution in [0.3, 0.4) is 0 Å². The van der Waals surface area contributed by atoms with E-state index in [-0.39, 0.29) is 0 Å². The summed E-state index contributed by atoms with van der Waals surface area (Å²) in [5, 5.41) is 7.05. The Hall–Kier alpha value is -8.14. The number of anilines is 2. The zero-order chi connectivity index (χ0) is 41.0. The molecular formula is C59H40N2O. The minimum absolute atomic E-state index is 0.661. The van der Waals surface area contributed by atoms with Gasteiger partial charge >= 0.3 is 0 Å². The molecular weight excluding hydrogens is 753 g/mol. The molecule has 0 amide bonds. The summed E-state index contributed by atoms with van der Waals surface area (Å²) in [4.78, 5) is 2.47. The second-order valence-electron chi connectivity index (χ2n) is 16.0. The van der Waals surface area contributed by atoms with E-state index in [0.29, 0.717) is 6.54 Å². The molecule has 0 N–H and O–H groups in total. The smallest absolute Gasteiger partial charge is 0.137 e. The van der Waals surface area contributed by atoms with Gasteiger partial charge in [0, 0.05) is 34.1 Å². The Morgan fingerprint density at radius 2 is 0.984 bits per heavy atom. The monoisotopic (exact) mass is 792 g/mol. The van der Waals surface area contributed by atoms with Crippen molar-refractivity contribution in [3.8, 4) is 39.1 Å². The van der Waals surface area contributed by atoms with Crippen LogP contribution in [0.4, 0.5) is 11.4 Å². The molecule has 2 heterocycles. The van der Waals surface area contributed by atoms with Crippen LogP contribution in [0.2, 0.25) is 0 Å². The van der Waals surface area contributed by atoms with Gasteiger partial charge in [-0.2, -0.15) is 0 Å². The van der Waals surface area contributed by atoms with Crippen LogP contribution in [0.25, 0.3) is 93.6 Å². The van der Waals surface area contributed by atoms with E-state index >= 15 is 0 Å². The van der Waals surface area contributed by atoms with Gasteiger partial charge in [-0.15, -0.1) is 0 Å². The van der Waals surface area contributed by atoms with Crippen LogP contribution >= 0.6 is 0 Å². The van der Waals surface area contributed by atoms with Crippen molar-refractivity contribution >= 4 is 65.9 Å².